The molecule has 0 atom stereocenters. The molecule has 140 valence electrons. The average Bonchev–Trinajstić information content (AvgIpc) is 3.09. The fourth-order valence-corrected chi connectivity index (χ4v) is 2.80. The third-order valence-electron chi connectivity index (χ3n) is 4.34. The van der Waals surface area contributed by atoms with Gasteiger partial charge in [-0.2, -0.15) is 0 Å². The smallest absolute Gasteiger partial charge is 0.244 e. The van der Waals surface area contributed by atoms with Crippen LogP contribution in [-0.2, 0) is 29.2 Å². The van der Waals surface area contributed by atoms with E-state index in [1.807, 2.05) is 24.3 Å². The van der Waals surface area contributed by atoms with Gasteiger partial charge in [0, 0.05) is 26.7 Å². The maximum Gasteiger partial charge on any atom is 0.244 e. The molecule has 0 saturated carbocycles. The van der Waals surface area contributed by atoms with Crippen molar-refractivity contribution >= 4 is 5.91 Å². The molecule has 1 aliphatic heterocycles. The van der Waals surface area contributed by atoms with Crippen LogP contribution < -0.4 is 4.74 Å². The molecule has 1 aliphatic rings. The second kappa shape index (κ2) is 8.72. The van der Waals surface area contributed by atoms with Crippen molar-refractivity contribution in [3.63, 3.8) is 0 Å². The summed E-state index contributed by atoms with van der Waals surface area (Å²) in [4.78, 5) is 16.4. The molecular formula is C17H24N6O3. The number of methoxy groups -OCH3 is 1. The number of hydrogen-bond donors (Lipinski definition) is 0. The number of carbonyl (C=O) groups is 1. The minimum absolute atomic E-state index is 0.0525. The Balaban J connectivity index is 1.58. The molecule has 0 aliphatic carbocycles. The number of amides is 1. The summed E-state index contributed by atoms with van der Waals surface area (Å²) >= 11 is 0. The third-order valence-corrected chi connectivity index (χ3v) is 4.34. The Morgan fingerprint density at radius 3 is 2.92 bits per heavy atom. The van der Waals surface area contributed by atoms with Crippen molar-refractivity contribution in [3.8, 4) is 5.75 Å². The Morgan fingerprint density at radius 1 is 1.35 bits per heavy atom. The normalized spacial score (nSPS) is 15.0. The van der Waals surface area contributed by atoms with Crippen LogP contribution in [0.3, 0.4) is 0 Å². The van der Waals surface area contributed by atoms with E-state index in [2.05, 4.69) is 20.4 Å². The van der Waals surface area contributed by atoms with E-state index < -0.39 is 0 Å². The third kappa shape index (κ3) is 4.77. The summed E-state index contributed by atoms with van der Waals surface area (Å²) in [6.45, 7) is 4.34. The van der Waals surface area contributed by atoms with Crippen LogP contribution in [0.25, 0.3) is 0 Å². The first-order valence-corrected chi connectivity index (χ1v) is 8.58. The Morgan fingerprint density at radius 2 is 2.15 bits per heavy atom. The number of aromatic nitrogens is 4. The molecule has 1 amide bonds. The first kappa shape index (κ1) is 18.3. The van der Waals surface area contributed by atoms with E-state index in [-0.39, 0.29) is 12.5 Å². The predicted molar refractivity (Wildman–Crippen MR) is 93.4 cm³/mol. The van der Waals surface area contributed by atoms with E-state index in [4.69, 9.17) is 9.47 Å². The first-order valence-electron chi connectivity index (χ1n) is 8.58. The summed E-state index contributed by atoms with van der Waals surface area (Å²) in [6, 6.07) is 7.68. The summed E-state index contributed by atoms with van der Waals surface area (Å²) in [5, 5.41) is 11.8. The lowest BCUT2D eigenvalue weighted by Crippen LogP contribution is -2.37. The monoisotopic (exact) mass is 360 g/mol. The number of rotatable bonds is 7. The van der Waals surface area contributed by atoms with Crippen LogP contribution in [0.15, 0.2) is 24.3 Å². The van der Waals surface area contributed by atoms with Crippen molar-refractivity contribution in [2.75, 3.05) is 40.5 Å². The molecule has 2 aromatic rings. The quantitative estimate of drug-likeness (QED) is 0.696. The van der Waals surface area contributed by atoms with Crippen molar-refractivity contribution in [3.05, 3.63) is 35.7 Å². The van der Waals surface area contributed by atoms with Crippen molar-refractivity contribution in [1.29, 1.82) is 0 Å². The standard InChI is InChI=1S/C17H24N6O3/c1-21(11-14-4-3-5-15(10-14)25-2)17(24)13-23-16(18-19-20-23)12-22-6-8-26-9-7-22/h3-5,10H,6-9,11-13H2,1-2H3. The molecule has 0 unspecified atom stereocenters. The number of hydrogen-bond acceptors (Lipinski definition) is 7. The van der Waals surface area contributed by atoms with Crippen molar-refractivity contribution in [1.82, 2.24) is 30.0 Å². The highest BCUT2D eigenvalue weighted by atomic mass is 16.5. The van der Waals surface area contributed by atoms with E-state index in [9.17, 15) is 4.79 Å². The molecule has 3 rings (SSSR count). The van der Waals surface area contributed by atoms with Gasteiger partial charge in [-0.25, -0.2) is 4.68 Å². The average molecular weight is 360 g/mol. The molecule has 2 heterocycles. The van der Waals surface area contributed by atoms with Crippen molar-refractivity contribution < 1.29 is 14.3 Å². The lowest BCUT2D eigenvalue weighted by atomic mass is 10.2. The molecule has 0 bridgehead atoms. The van der Waals surface area contributed by atoms with Crippen LogP contribution >= 0.6 is 0 Å². The highest BCUT2D eigenvalue weighted by molar-refractivity contribution is 5.75. The van der Waals surface area contributed by atoms with Crippen LogP contribution in [-0.4, -0.2) is 76.4 Å². The van der Waals surface area contributed by atoms with Gasteiger partial charge < -0.3 is 14.4 Å². The minimum atomic E-state index is -0.0525. The Labute approximate surface area is 152 Å². The summed E-state index contributed by atoms with van der Waals surface area (Å²) in [5.41, 5.74) is 1.01. The first-order chi connectivity index (χ1) is 12.7. The summed E-state index contributed by atoms with van der Waals surface area (Å²) in [6.07, 6.45) is 0. The second-order valence-corrected chi connectivity index (χ2v) is 6.24. The molecule has 9 nitrogen and oxygen atoms in total. The summed E-state index contributed by atoms with van der Waals surface area (Å²) in [5.74, 6) is 1.41. The maximum atomic E-state index is 12.6. The van der Waals surface area contributed by atoms with Crippen molar-refractivity contribution in [2.24, 2.45) is 0 Å². The number of tetrazole rings is 1. The Bertz CT molecular complexity index is 729. The number of carbonyl (C=O) groups excluding carboxylic acids is 1. The van der Waals surface area contributed by atoms with Gasteiger partial charge in [0.05, 0.1) is 26.9 Å². The largest absolute Gasteiger partial charge is 0.497 e. The van der Waals surface area contributed by atoms with Crippen LogP contribution in [0.4, 0.5) is 0 Å². The van der Waals surface area contributed by atoms with Gasteiger partial charge in [0.2, 0.25) is 5.91 Å². The fourth-order valence-electron chi connectivity index (χ4n) is 2.80. The molecule has 0 N–H and O–H groups in total. The summed E-state index contributed by atoms with van der Waals surface area (Å²) in [7, 11) is 3.40. The second-order valence-electron chi connectivity index (χ2n) is 6.24. The maximum absolute atomic E-state index is 12.6. The molecular weight excluding hydrogens is 336 g/mol. The lowest BCUT2D eigenvalue weighted by molar-refractivity contribution is -0.131. The van der Waals surface area contributed by atoms with E-state index in [1.54, 1.807) is 23.7 Å². The number of morpholine rings is 1. The molecule has 0 radical (unpaired) electrons. The van der Waals surface area contributed by atoms with Gasteiger partial charge in [0.25, 0.3) is 0 Å². The van der Waals surface area contributed by atoms with E-state index in [0.717, 1.165) is 24.4 Å². The number of likely N-dealkylation sites (N-methyl/N-ethyl adjacent to an activating group) is 1. The molecule has 1 saturated heterocycles. The van der Waals surface area contributed by atoms with Gasteiger partial charge in [0.15, 0.2) is 5.82 Å². The molecule has 1 aromatic heterocycles. The van der Waals surface area contributed by atoms with E-state index in [0.29, 0.717) is 32.1 Å². The molecule has 0 spiro atoms. The van der Waals surface area contributed by atoms with E-state index >= 15 is 0 Å². The van der Waals surface area contributed by atoms with Crippen LogP contribution in [0.2, 0.25) is 0 Å². The zero-order valence-electron chi connectivity index (χ0n) is 15.2. The van der Waals surface area contributed by atoms with Crippen LogP contribution in [0.5, 0.6) is 5.75 Å². The van der Waals surface area contributed by atoms with Crippen LogP contribution in [0.1, 0.15) is 11.4 Å². The van der Waals surface area contributed by atoms with Gasteiger partial charge in [-0.15, -0.1) is 5.10 Å². The Hall–Kier alpha value is -2.52. The number of benzene rings is 1. The lowest BCUT2D eigenvalue weighted by Gasteiger charge is -2.25. The van der Waals surface area contributed by atoms with Crippen LogP contribution in [0, 0.1) is 0 Å². The molecule has 9 heteroatoms. The van der Waals surface area contributed by atoms with Gasteiger partial charge in [-0.05, 0) is 28.1 Å². The molecule has 26 heavy (non-hydrogen) atoms. The topological polar surface area (TPSA) is 85.6 Å². The highest BCUT2D eigenvalue weighted by Crippen LogP contribution is 2.14. The van der Waals surface area contributed by atoms with E-state index in [1.165, 1.54) is 0 Å². The molecule has 1 fully saturated rings. The minimum Gasteiger partial charge on any atom is -0.497 e. The van der Waals surface area contributed by atoms with Crippen molar-refractivity contribution in [2.45, 2.75) is 19.6 Å². The zero-order valence-corrected chi connectivity index (χ0v) is 15.2. The predicted octanol–water partition coefficient (Wildman–Crippen LogP) is 0.173. The van der Waals surface area contributed by atoms with Gasteiger partial charge in [-0.1, -0.05) is 12.1 Å². The SMILES string of the molecule is COc1cccc(CN(C)C(=O)Cn2nnnc2CN2CCOCC2)c1. The molecule has 1 aromatic carbocycles. The summed E-state index contributed by atoms with van der Waals surface area (Å²) < 4.78 is 12.1. The number of nitrogens with zero attached hydrogens (tertiary/aromatic N) is 6. The Kier molecular flexibility index (Phi) is 6.13. The fraction of sp³-hybridized carbons (Fsp3) is 0.529. The van der Waals surface area contributed by atoms with Gasteiger partial charge in [0.1, 0.15) is 12.3 Å². The van der Waals surface area contributed by atoms with Gasteiger partial charge >= 0.3 is 0 Å². The highest BCUT2D eigenvalue weighted by Gasteiger charge is 2.18. The van der Waals surface area contributed by atoms with Gasteiger partial charge in [-0.3, -0.25) is 9.69 Å². The number of ether oxygens (including phenoxy) is 2. The zero-order chi connectivity index (χ0) is 18.4.